The molecule has 21 heavy (non-hydrogen) atoms. The number of benzene rings is 1. The molecular formula is C17H21N3O. The number of carbonyl (C=O) groups excluding carboxylic acids is 1. The van der Waals surface area contributed by atoms with Crippen LogP contribution >= 0.6 is 0 Å². The van der Waals surface area contributed by atoms with Gasteiger partial charge in [0.15, 0.2) is 0 Å². The molecule has 3 N–H and O–H groups in total. The maximum absolute atomic E-state index is 12.4. The van der Waals surface area contributed by atoms with Crippen molar-refractivity contribution in [2.75, 3.05) is 6.54 Å². The lowest BCUT2D eigenvalue weighted by atomic mass is 9.86. The Balaban J connectivity index is 1.67. The zero-order chi connectivity index (χ0) is 14.7. The van der Waals surface area contributed by atoms with Gasteiger partial charge in [-0.15, -0.1) is 0 Å². The van der Waals surface area contributed by atoms with Gasteiger partial charge in [-0.05, 0) is 43.7 Å². The van der Waals surface area contributed by atoms with Crippen molar-refractivity contribution in [1.82, 2.24) is 10.3 Å². The van der Waals surface area contributed by atoms with E-state index in [1.807, 2.05) is 30.3 Å². The summed E-state index contributed by atoms with van der Waals surface area (Å²) in [5.41, 5.74) is 7.33. The van der Waals surface area contributed by atoms with Gasteiger partial charge in [-0.25, -0.2) is 0 Å². The Kier molecular flexibility index (Phi) is 4.15. The zero-order valence-electron chi connectivity index (χ0n) is 12.1. The number of carbonyl (C=O) groups is 1. The van der Waals surface area contributed by atoms with E-state index in [9.17, 15) is 4.79 Å². The number of rotatable bonds is 3. The third kappa shape index (κ3) is 3.22. The van der Waals surface area contributed by atoms with E-state index in [0.29, 0.717) is 17.5 Å². The molecule has 1 aromatic heterocycles. The Bertz CT molecular complexity index is 627. The number of pyridine rings is 1. The highest BCUT2D eigenvalue weighted by molar-refractivity contribution is 6.05. The molecule has 0 spiro atoms. The van der Waals surface area contributed by atoms with Gasteiger partial charge in [0.2, 0.25) is 0 Å². The first-order chi connectivity index (χ1) is 10.2. The first kappa shape index (κ1) is 14.0. The van der Waals surface area contributed by atoms with Gasteiger partial charge in [0, 0.05) is 24.2 Å². The number of nitrogens with one attached hydrogen (secondary N) is 1. The molecule has 0 radical (unpaired) electrons. The van der Waals surface area contributed by atoms with E-state index in [4.69, 9.17) is 5.73 Å². The molecule has 4 heteroatoms. The third-order valence-electron chi connectivity index (χ3n) is 4.32. The quantitative estimate of drug-likeness (QED) is 0.909. The van der Waals surface area contributed by atoms with Crippen LogP contribution in [-0.4, -0.2) is 23.5 Å². The lowest BCUT2D eigenvalue weighted by Crippen LogP contribution is -2.34. The average molecular weight is 283 g/mol. The maximum atomic E-state index is 12.4. The smallest absolute Gasteiger partial charge is 0.253 e. The van der Waals surface area contributed by atoms with E-state index in [-0.39, 0.29) is 5.91 Å². The van der Waals surface area contributed by atoms with Gasteiger partial charge in [0.1, 0.15) is 0 Å². The van der Waals surface area contributed by atoms with Crippen LogP contribution in [0.1, 0.15) is 36.0 Å². The van der Waals surface area contributed by atoms with E-state index < -0.39 is 0 Å². The number of hydrogen-bond acceptors (Lipinski definition) is 3. The Hall–Kier alpha value is -1.94. The van der Waals surface area contributed by atoms with Crippen molar-refractivity contribution in [3.05, 3.63) is 42.1 Å². The number of para-hydroxylation sites is 1. The SMILES string of the molecule is NC1CCC(CNC(=O)c2cccc3cccnc23)CC1. The molecule has 1 aliphatic carbocycles. The van der Waals surface area contributed by atoms with Crippen LogP contribution in [0, 0.1) is 5.92 Å². The predicted molar refractivity (Wildman–Crippen MR) is 84.0 cm³/mol. The van der Waals surface area contributed by atoms with Crippen LogP contribution in [0.4, 0.5) is 0 Å². The fourth-order valence-electron chi connectivity index (χ4n) is 3.01. The molecule has 0 atom stereocenters. The van der Waals surface area contributed by atoms with Gasteiger partial charge in [0.05, 0.1) is 11.1 Å². The monoisotopic (exact) mass is 283 g/mol. The van der Waals surface area contributed by atoms with E-state index in [2.05, 4.69) is 10.3 Å². The Morgan fingerprint density at radius 3 is 2.76 bits per heavy atom. The van der Waals surface area contributed by atoms with Crippen LogP contribution in [0.15, 0.2) is 36.5 Å². The number of fused-ring (bicyclic) bond motifs is 1. The first-order valence-electron chi connectivity index (χ1n) is 7.61. The second kappa shape index (κ2) is 6.22. The maximum Gasteiger partial charge on any atom is 0.253 e. The van der Waals surface area contributed by atoms with Crippen molar-refractivity contribution in [3.8, 4) is 0 Å². The molecule has 1 amide bonds. The fraction of sp³-hybridized carbons (Fsp3) is 0.412. The molecule has 4 nitrogen and oxygen atoms in total. The Morgan fingerprint density at radius 1 is 1.19 bits per heavy atom. The molecule has 2 aromatic rings. The molecule has 1 aliphatic rings. The van der Waals surface area contributed by atoms with Crippen molar-refractivity contribution < 1.29 is 4.79 Å². The second-order valence-electron chi connectivity index (χ2n) is 5.87. The molecule has 0 aliphatic heterocycles. The number of amides is 1. The van der Waals surface area contributed by atoms with Crippen molar-refractivity contribution in [2.45, 2.75) is 31.7 Å². The van der Waals surface area contributed by atoms with Gasteiger partial charge in [0.25, 0.3) is 5.91 Å². The highest BCUT2D eigenvalue weighted by Gasteiger charge is 2.19. The van der Waals surface area contributed by atoms with Crippen molar-refractivity contribution in [2.24, 2.45) is 11.7 Å². The highest BCUT2D eigenvalue weighted by Crippen LogP contribution is 2.22. The van der Waals surface area contributed by atoms with Crippen molar-refractivity contribution >= 4 is 16.8 Å². The summed E-state index contributed by atoms with van der Waals surface area (Å²) in [6, 6.07) is 9.91. The standard InChI is InChI=1S/C17H21N3O/c18-14-8-6-12(7-9-14)11-20-17(21)15-5-1-3-13-4-2-10-19-16(13)15/h1-5,10,12,14H,6-9,11,18H2,(H,20,21). The number of nitrogens with zero attached hydrogens (tertiary/aromatic N) is 1. The van der Waals surface area contributed by atoms with E-state index in [1.54, 1.807) is 6.20 Å². The molecular weight excluding hydrogens is 262 g/mol. The summed E-state index contributed by atoms with van der Waals surface area (Å²) < 4.78 is 0. The minimum Gasteiger partial charge on any atom is -0.352 e. The van der Waals surface area contributed by atoms with Crippen LogP contribution in [0.25, 0.3) is 10.9 Å². The van der Waals surface area contributed by atoms with Crippen LogP contribution < -0.4 is 11.1 Å². The van der Waals surface area contributed by atoms with Gasteiger partial charge >= 0.3 is 0 Å². The van der Waals surface area contributed by atoms with E-state index in [1.165, 1.54) is 0 Å². The summed E-state index contributed by atoms with van der Waals surface area (Å²) >= 11 is 0. The number of nitrogens with two attached hydrogens (primary N) is 1. The molecule has 110 valence electrons. The van der Waals surface area contributed by atoms with E-state index in [0.717, 1.165) is 43.1 Å². The van der Waals surface area contributed by atoms with Crippen LogP contribution in [0.3, 0.4) is 0 Å². The highest BCUT2D eigenvalue weighted by atomic mass is 16.1. The summed E-state index contributed by atoms with van der Waals surface area (Å²) in [6.07, 6.45) is 6.07. The fourth-order valence-corrected chi connectivity index (χ4v) is 3.01. The lowest BCUT2D eigenvalue weighted by molar-refractivity contribution is 0.0944. The number of hydrogen-bond donors (Lipinski definition) is 2. The molecule has 3 rings (SSSR count). The Labute approximate surface area is 124 Å². The summed E-state index contributed by atoms with van der Waals surface area (Å²) in [5.74, 6) is 0.519. The molecule has 0 bridgehead atoms. The van der Waals surface area contributed by atoms with Crippen molar-refractivity contribution in [3.63, 3.8) is 0 Å². The van der Waals surface area contributed by atoms with Gasteiger partial charge in [-0.2, -0.15) is 0 Å². The Morgan fingerprint density at radius 2 is 1.95 bits per heavy atom. The predicted octanol–water partition coefficient (Wildman–Crippen LogP) is 2.48. The number of aromatic nitrogens is 1. The van der Waals surface area contributed by atoms with Gasteiger partial charge in [-0.1, -0.05) is 18.2 Å². The van der Waals surface area contributed by atoms with Crippen LogP contribution in [-0.2, 0) is 0 Å². The average Bonchev–Trinajstić information content (AvgIpc) is 2.53. The molecule has 1 heterocycles. The molecule has 1 fully saturated rings. The van der Waals surface area contributed by atoms with Crippen LogP contribution in [0.2, 0.25) is 0 Å². The van der Waals surface area contributed by atoms with Crippen LogP contribution in [0.5, 0.6) is 0 Å². The zero-order valence-corrected chi connectivity index (χ0v) is 12.1. The van der Waals surface area contributed by atoms with Gasteiger partial charge in [-0.3, -0.25) is 9.78 Å². The minimum atomic E-state index is -0.0332. The van der Waals surface area contributed by atoms with Gasteiger partial charge < -0.3 is 11.1 Å². The lowest BCUT2D eigenvalue weighted by Gasteiger charge is -2.26. The summed E-state index contributed by atoms with van der Waals surface area (Å²) in [6.45, 7) is 0.731. The van der Waals surface area contributed by atoms with Crippen molar-refractivity contribution in [1.29, 1.82) is 0 Å². The van der Waals surface area contributed by atoms with E-state index >= 15 is 0 Å². The molecule has 1 saturated carbocycles. The molecule has 1 aromatic carbocycles. The third-order valence-corrected chi connectivity index (χ3v) is 4.32. The topological polar surface area (TPSA) is 68.0 Å². The largest absolute Gasteiger partial charge is 0.352 e. The summed E-state index contributed by atoms with van der Waals surface area (Å²) in [5, 5.41) is 4.05. The summed E-state index contributed by atoms with van der Waals surface area (Å²) in [7, 11) is 0. The minimum absolute atomic E-state index is 0.0332. The first-order valence-corrected chi connectivity index (χ1v) is 7.61. The summed E-state index contributed by atoms with van der Waals surface area (Å²) in [4.78, 5) is 16.7. The molecule has 0 saturated heterocycles. The molecule has 0 unspecified atom stereocenters. The normalized spacial score (nSPS) is 22.1. The second-order valence-corrected chi connectivity index (χ2v) is 5.87.